The number of carbonyl (C=O) groups excluding carboxylic acids is 1. The lowest BCUT2D eigenvalue weighted by molar-refractivity contribution is -0.278. The van der Waals surface area contributed by atoms with E-state index in [0.717, 1.165) is 62.2 Å². The smallest absolute Gasteiger partial charge is 0.229 e. The Morgan fingerprint density at radius 2 is 1.52 bits per heavy atom. The molecule has 2 heterocycles. The Morgan fingerprint density at radius 1 is 0.800 bits per heavy atom. The SMILES string of the molecule is CC1([C@@H]2CC[C@]3(C(=O)N4CCCC4c4ncc(-c5ccccc5)[nH]4)CC[C@@]4(C)C5(C)CC[C@@H]6C(C)(CC[C@H](O)C6(C)C)C5CCC4(C)C23)CC1. The van der Waals surface area contributed by atoms with Gasteiger partial charge in [-0.3, -0.25) is 4.79 Å². The van der Waals surface area contributed by atoms with Crippen LogP contribution in [0, 0.1) is 61.6 Å². The first-order chi connectivity index (χ1) is 23.6. The van der Waals surface area contributed by atoms with Gasteiger partial charge in [0.15, 0.2) is 0 Å². The molecule has 7 fully saturated rings. The van der Waals surface area contributed by atoms with Crippen molar-refractivity contribution in [3.8, 4) is 11.3 Å². The average molecular weight is 680 g/mol. The van der Waals surface area contributed by atoms with Gasteiger partial charge in [0.25, 0.3) is 0 Å². The Hall–Kier alpha value is -2.14. The maximum absolute atomic E-state index is 15.6. The number of aromatic amines is 1. The maximum atomic E-state index is 15.6. The number of aliphatic hydroxyl groups is 1. The lowest BCUT2D eigenvalue weighted by Crippen LogP contribution is -2.70. The summed E-state index contributed by atoms with van der Waals surface area (Å²) in [6, 6.07) is 10.5. The van der Waals surface area contributed by atoms with E-state index >= 15 is 4.79 Å². The highest BCUT2D eigenvalue weighted by Gasteiger charge is 2.77. The molecule has 5 nitrogen and oxygen atoms in total. The van der Waals surface area contributed by atoms with Crippen molar-refractivity contribution in [1.29, 1.82) is 0 Å². The van der Waals surface area contributed by atoms with E-state index in [1.807, 2.05) is 6.20 Å². The van der Waals surface area contributed by atoms with Crippen LogP contribution in [0.1, 0.15) is 150 Å². The number of aromatic nitrogens is 2. The largest absolute Gasteiger partial charge is 0.393 e. The zero-order valence-electron chi connectivity index (χ0n) is 32.3. The summed E-state index contributed by atoms with van der Waals surface area (Å²) in [5.41, 5.74) is 3.14. The van der Waals surface area contributed by atoms with Gasteiger partial charge >= 0.3 is 0 Å². The number of nitrogens with zero attached hydrogens (tertiary/aromatic N) is 2. The van der Waals surface area contributed by atoms with Crippen LogP contribution in [0.25, 0.3) is 11.3 Å². The Bertz CT molecular complexity index is 1660. The predicted molar refractivity (Wildman–Crippen MR) is 200 cm³/mol. The van der Waals surface area contributed by atoms with Crippen LogP contribution in [0.2, 0.25) is 0 Å². The van der Waals surface area contributed by atoms with Crippen LogP contribution >= 0.6 is 0 Å². The molecule has 1 amide bonds. The van der Waals surface area contributed by atoms with Gasteiger partial charge in [-0.1, -0.05) is 78.8 Å². The molecule has 9 rings (SSSR count). The van der Waals surface area contributed by atoms with Crippen LogP contribution in [0.4, 0.5) is 0 Å². The van der Waals surface area contributed by atoms with E-state index in [4.69, 9.17) is 4.98 Å². The lowest BCUT2D eigenvalue weighted by Gasteiger charge is -2.76. The van der Waals surface area contributed by atoms with Crippen LogP contribution in [0.15, 0.2) is 36.5 Å². The molecule has 2 N–H and O–H groups in total. The zero-order chi connectivity index (χ0) is 35.1. The number of hydrogen-bond acceptors (Lipinski definition) is 3. The molecule has 50 heavy (non-hydrogen) atoms. The molecular weight excluding hydrogens is 615 g/mol. The van der Waals surface area contributed by atoms with Gasteiger partial charge in [-0.25, -0.2) is 4.98 Å². The molecule has 6 unspecified atom stereocenters. The van der Waals surface area contributed by atoms with Crippen LogP contribution < -0.4 is 0 Å². The van der Waals surface area contributed by atoms with E-state index < -0.39 is 0 Å². The monoisotopic (exact) mass is 680 g/mol. The van der Waals surface area contributed by atoms with Crippen LogP contribution in [0.5, 0.6) is 0 Å². The van der Waals surface area contributed by atoms with E-state index in [9.17, 15) is 5.11 Å². The molecule has 11 atom stereocenters. The van der Waals surface area contributed by atoms with Gasteiger partial charge in [0.1, 0.15) is 5.82 Å². The summed E-state index contributed by atoms with van der Waals surface area (Å²) in [5.74, 6) is 3.79. The van der Waals surface area contributed by atoms with Crippen LogP contribution in [0.3, 0.4) is 0 Å². The number of hydrogen-bond donors (Lipinski definition) is 2. The zero-order valence-corrected chi connectivity index (χ0v) is 32.3. The fourth-order valence-corrected chi connectivity index (χ4v) is 15.7. The Morgan fingerprint density at radius 3 is 2.26 bits per heavy atom. The van der Waals surface area contributed by atoms with Gasteiger partial charge in [0, 0.05) is 6.54 Å². The fraction of sp³-hybridized carbons (Fsp3) is 0.778. The molecule has 272 valence electrons. The molecule has 6 aliphatic carbocycles. The van der Waals surface area contributed by atoms with Crippen molar-refractivity contribution in [2.45, 2.75) is 151 Å². The van der Waals surface area contributed by atoms with Crippen molar-refractivity contribution in [1.82, 2.24) is 14.9 Å². The molecule has 6 saturated carbocycles. The van der Waals surface area contributed by atoms with E-state index in [-0.39, 0.29) is 44.6 Å². The third kappa shape index (κ3) is 4.16. The highest BCUT2D eigenvalue weighted by atomic mass is 16.3. The molecule has 0 bridgehead atoms. The topological polar surface area (TPSA) is 69.2 Å². The van der Waals surface area contributed by atoms with E-state index in [0.29, 0.717) is 35.0 Å². The average Bonchev–Trinajstić information content (AvgIpc) is 3.50. The molecule has 5 heteroatoms. The normalized spacial score (nSPS) is 47.2. The third-order valence-corrected chi connectivity index (χ3v) is 19.0. The number of H-pyrrole nitrogens is 1. The number of aliphatic hydroxyl groups excluding tert-OH is 1. The van der Waals surface area contributed by atoms with Crippen molar-refractivity contribution in [2.24, 2.45) is 61.6 Å². The standard InChI is InChI=1S/C45H65N3O2/c1-39(2)33-16-20-42(5)34(41(33,4)19-18-35(39)49)17-21-43(6)36-30(40(3)23-24-40)15-22-45(36,26-25-44(42,43)7)38(50)48-27-11-14-32(48)37-46-28-31(47-37)29-12-9-8-10-13-29/h8-10,12-13,28,30,32-36,49H,11,14-27H2,1-7H3,(H,46,47)/t30-,32?,33+,34?,35+,36?,41?,42?,43?,44+,45+/m1/s1. The molecular formula is C45H65N3O2. The fourth-order valence-electron chi connectivity index (χ4n) is 15.7. The summed E-state index contributed by atoms with van der Waals surface area (Å²) in [5, 5.41) is 11.2. The van der Waals surface area contributed by atoms with Crippen molar-refractivity contribution >= 4 is 5.91 Å². The van der Waals surface area contributed by atoms with Crippen LogP contribution in [-0.4, -0.2) is 38.5 Å². The van der Waals surface area contributed by atoms with Crippen LogP contribution in [-0.2, 0) is 4.79 Å². The molecule has 7 aliphatic rings. The quantitative estimate of drug-likeness (QED) is 0.338. The van der Waals surface area contributed by atoms with Crippen molar-refractivity contribution in [3.63, 3.8) is 0 Å². The summed E-state index contributed by atoms with van der Waals surface area (Å²) in [6.07, 6.45) is 18.2. The molecule has 1 aliphatic heterocycles. The molecule has 0 radical (unpaired) electrons. The second-order valence-corrected chi connectivity index (χ2v) is 20.9. The summed E-state index contributed by atoms with van der Waals surface area (Å²) in [6.45, 7) is 19.0. The maximum Gasteiger partial charge on any atom is 0.229 e. The highest BCUT2D eigenvalue weighted by molar-refractivity contribution is 5.85. The van der Waals surface area contributed by atoms with Gasteiger partial charge in [0.05, 0.1) is 29.5 Å². The number of fused-ring (bicyclic) bond motifs is 7. The number of imidazole rings is 1. The Balaban J connectivity index is 1.08. The molecule has 0 spiro atoms. The van der Waals surface area contributed by atoms with Gasteiger partial charge < -0.3 is 15.0 Å². The first kappa shape index (κ1) is 33.7. The first-order valence-electron chi connectivity index (χ1n) is 20.7. The Kier molecular flexibility index (Phi) is 7.22. The van der Waals surface area contributed by atoms with E-state index in [1.54, 1.807) is 0 Å². The third-order valence-electron chi connectivity index (χ3n) is 19.0. The number of rotatable bonds is 4. The minimum atomic E-state index is -0.261. The second-order valence-electron chi connectivity index (χ2n) is 20.9. The lowest BCUT2D eigenvalue weighted by atomic mass is 9.28. The predicted octanol–water partition coefficient (Wildman–Crippen LogP) is 10.4. The van der Waals surface area contributed by atoms with E-state index in [1.165, 1.54) is 51.4 Å². The second kappa shape index (κ2) is 10.7. The summed E-state index contributed by atoms with van der Waals surface area (Å²) >= 11 is 0. The van der Waals surface area contributed by atoms with Gasteiger partial charge in [-0.2, -0.15) is 0 Å². The summed E-state index contributed by atoms with van der Waals surface area (Å²) < 4.78 is 0. The highest BCUT2D eigenvalue weighted by Crippen LogP contribution is 2.82. The summed E-state index contributed by atoms with van der Waals surface area (Å²) in [7, 11) is 0. The van der Waals surface area contributed by atoms with Gasteiger partial charge in [-0.05, 0) is 152 Å². The number of amides is 1. The Labute approximate surface area is 302 Å². The number of nitrogens with one attached hydrogen (secondary N) is 1. The number of benzene rings is 1. The molecule has 1 aromatic heterocycles. The first-order valence-corrected chi connectivity index (χ1v) is 20.7. The van der Waals surface area contributed by atoms with Gasteiger partial charge in [-0.15, -0.1) is 0 Å². The molecule has 1 saturated heterocycles. The number of carbonyl (C=O) groups is 1. The van der Waals surface area contributed by atoms with Crippen molar-refractivity contribution < 1.29 is 9.90 Å². The van der Waals surface area contributed by atoms with Crippen molar-refractivity contribution in [3.05, 3.63) is 42.4 Å². The summed E-state index contributed by atoms with van der Waals surface area (Å²) in [4.78, 5) is 26.6. The van der Waals surface area contributed by atoms with E-state index in [2.05, 4.69) is 88.7 Å². The van der Waals surface area contributed by atoms with Crippen molar-refractivity contribution in [2.75, 3.05) is 6.54 Å². The minimum absolute atomic E-state index is 0.0244. The van der Waals surface area contributed by atoms with Gasteiger partial charge in [0.2, 0.25) is 5.91 Å². The molecule has 2 aromatic rings. The number of likely N-dealkylation sites (tertiary alicyclic amines) is 1. The molecule has 1 aromatic carbocycles. The minimum Gasteiger partial charge on any atom is -0.393 e.